The van der Waals surface area contributed by atoms with Gasteiger partial charge in [-0.2, -0.15) is 0 Å². The molecule has 7 heteroatoms. The highest BCUT2D eigenvalue weighted by atomic mass is 35.5. The van der Waals surface area contributed by atoms with Crippen molar-refractivity contribution < 1.29 is 19.3 Å². The van der Waals surface area contributed by atoms with Gasteiger partial charge in [0.1, 0.15) is 5.56 Å². The van der Waals surface area contributed by atoms with Crippen LogP contribution >= 0.6 is 11.6 Å². The van der Waals surface area contributed by atoms with E-state index in [2.05, 4.69) is 0 Å². The predicted octanol–water partition coefficient (Wildman–Crippen LogP) is 2.75. The number of nitro groups is 1. The van der Waals surface area contributed by atoms with Crippen LogP contribution in [0.3, 0.4) is 0 Å². The minimum Gasteiger partial charge on any atom is -0.289 e. The molecule has 0 bridgehead atoms. The molecule has 1 aliphatic carbocycles. The fourth-order valence-corrected chi connectivity index (χ4v) is 2.57. The lowest BCUT2D eigenvalue weighted by molar-refractivity contribution is -0.385. The first-order valence-electron chi connectivity index (χ1n) is 6.12. The van der Waals surface area contributed by atoms with Gasteiger partial charge in [0.2, 0.25) is 5.78 Å². The normalized spacial score (nSPS) is 12.6. The fraction of sp³-hybridized carbons (Fsp3) is 0. The summed E-state index contributed by atoms with van der Waals surface area (Å²) in [5.41, 5.74) is -0.576. The quantitative estimate of drug-likeness (QED) is 0.411. The molecular weight excluding hydrogens is 310 g/mol. The standard InChI is InChI=1S/C15H6ClNO5/c16-15(20)7-4-5-8-10(6-7)13(18)9-2-1-3-11(17(21)22)12(9)14(8)19/h1-6H. The smallest absolute Gasteiger partial charge is 0.281 e. The monoisotopic (exact) mass is 315 g/mol. The molecule has 0 aliphatic heterocycles. The summed E-state index contributed by atoms with van der Waals surface area (Å²) < 4.78 is 0. The van der Waals surface area contributed by atoms with E-state index in [0.29, 0.717) is 0 Å². The van der Waals surface area contributed by atoms with E-state index in [4.69, 9.17) is 11.6 Å². The molecule has 0 N–H and O–H groups in total. The molecule has 0 saturated carbocycles. The summed E-state index contributed by atoms with van der Waals surface area (Å²) in [7, 11) is 0. The number of benzene rings is 2. The maximum Gasteiger partial charge on any atom is 0.281 e. The second-order valence-electron chi connectivity index (χ2n) is 4.65. The van der Waals surface area contributed by atoms with Crippen molar-refractivity contribution in [1.82, 2.24) is 0 Å². The first-order valence-corrected chi connectivity index (χ1v) is 6.50. The van der Waals surface area contributed by atoms with Crippen LogP contribution in [0.2, 0.25) is 0 Å². The number of rotatable bonds is 2. The molecule has 108 valence electrons. The molecule has 2 aromatic carbocycles. The third-order valence-electron chi connectivity index (χ3n) is 3.45. The van der Waals surface area contributed by atoms with Gasteiger partial charge in [0.05, 0.1) is 4.92 Å². The summed E-state index contributed by atoms with van der Waals surface area (Å²) in [5.74, 6) is -1.17. The molecule has 0 spiro atoms. The Morgan fingerprint density at radius 2 is 1.73 bits per heavy atom. The van der Waals surface area contributed by atoms with Gasteiger partial charge in [-0.3, -0.25) is 24.5 Å². The lowest BCUT2D eigenvalue weighted by Crippen LogP contribution is -2.22. The number of nitrogens with zero attached hydrogens (tertiary/aromatic N) is 1. The highest BCUT2D eigenvalue weighted by Crippen LogP contribution is 2.33. The summed E-state index contributed by atoms with van der Waals surface area (Å²) in [5, 5.41) is 10.3. The van der Waals surface area contributed by atoms with E-state index in [9.17, 15) is 24.5 Å². The van der Waals surface area contributed by atoms with Crippen LogP contribution in [0.15, 0.2) is 36.4 Å². The van der Waals surface area contributed by atoms with E-state index in [0.717, 1.165) is 0 Å². The maximum absolute atomic E-state index is 12.5. The topological polar surface area (TPSA) is 94.3 Å². The van der Waals surface area contributed by atoms with Gasteiger partial charge in [0, 0.05) is 28.3 Å². The number of carbonyl (C=O) groups is 3. The van der Waals surface area contributed by atoms with Crippen LogP contribution in [0, 0.1) is 10.1 Å². The van der Waals surface area contributed by atoms with Crippen LogP contribution in [0.4, 0.5) is 5.69 Å². The summed E-state index contributed by atoms with van der Waals surface area (Å²) in [6.07, 6.45) is 0. The predicted molar refractivity (Wildman–Crippen MR) is 76.6 cm³/mol. The van der Waals surface area contributed by atoms with E-state index in [1.54, 1.807) is 0 Å². The van der Waals surface area contributed by atoms with Crippen LogP contribution < -0.4 is 0 Å². The summed E-state index contributed by atoms with van der Waals surface area (Å²) in [6, 6.07) is 7.67. The Hall–Kier alpha value is -2.86. The Kier molecular flexibility index (Phi) is 3.11. The summed E-state index contributed by atoms with van der Waals surface area (Å²) in [6.45, 7) is 0. The van der Waals surface area contributed by atoms with Crippen molar-refractivity contribution in [3.8, 4) is 0 Å². The molecule has 0 aromatic heterocycles. The second kappa shape index (κ2) is 4.85. The largest absolute Gasteiger partial charge is 0.289 e. The van der Waals surface area contributed by atoms with Gasteiger partial charge in [-0.05, 0) is 35.9 Å². The minimum atomic E-state index is -0.757. The Morgan fingerprint density at radius 1 is 1.00 bits per heavy atom. The van der Waals surface area contributed by atoms with Crippen molar-refractivity contribution >= 4 is 34.1 Å². The lowest BCUT2D eigenvalue weighted by Gasteiger charge is -2.17. The summed E-state index contributed by atoms with van der Waals surface area (Å²) in [4.78, 5) is 46.5. The summed E-state index contributed by atoms with van der Waals surface area (Å²) >= 11 is 5.37. The Bertz CT molecular complexity index is 883. The Morgan fingerprint density at radius 3 is 2.36 bits per heavy atom. The SMILES string of the molecule is O=C(Cl)c1ccc2c(c1)C(=O)c1cccc([N+](=O)[O-])c1C2=O. The zero-order valence-corrected chi connectivity index (χ0v) is 11.6. The Balaban J connectivity index is 2.30. The van der Waals surface area contributed by atoms with Crippen molar-refractivity contribution in [3.05, 3.63) is 74.3 Å². The van der Waals surface area contributed by atoms with Gasteiger partial charge in [-0.25, -0.2) is 0 Å². The van der Waals surface area contributed by atoms with Crippen LogP contribution in [-0.4, -0.2) is 21.7 Å². The number of halogens is 1. The molecule has 1 aliphatic rings. The van der Waals surface area contributed by atoms with Crippen molar-refractivity contribution in [2.24, 2.45) is 0 Å². The number of hydrogen-bond acceptors (Lipinski definition) is 5. The minimum absolute atomic E-state index is 0.0181. The van der Waals surface area contributed by atoms with Crippen LogP contribution in [0.1, 0.15) is 42.2 Å². The number of nitro benzene ring substituents is 1. The van der Waals surface area contributed by atoms with Gasteiger partial charge in [0.25, 0.3) is 10.9 Å². The molecule has 0 radical (unpaired) electrons. The van der Waals surface area contributed by atoms with Gasteiger partial charge < -0.3 is 0 Å². The zero-order chi connectivity index (χ0) is 16.0. The van der Waals surface area contributed by atoms with Crippen molar-refractivity contribution in [2.75, 3.05) is 0 Å². The first-order chi connectivity index (χ1) is 10.4. The van der Waals surface area contributed by atoms with E-state index in [-0.39, 0.29) is 27.8 Å². The molecule has 0 unspecified atom stereocenters. The van der Waals surface area contributed by atoms with E-state index < -0.39 is 27.4 Å². The number of hydrogen-bond donors (Lipinski definition) is 0. The molecule has 0 amide bonds. The third kappa shape index (κ3) is 1.93. The van der Waals surface area contributed by atoms with Crippen molar-refractivity contribution in [3.63, 3.8) is 0 Å². The molecule has 3 rings (SSSR count). The van der Waals surface area contributed by atoms with Crippen LogP contribution in [0.5, 0.6) is 0 Å². The number of carbonyl (C=O) groups excluding carboxylic acids is 3. The molecular formula is C15H6ClNO5. The Labute approximate surface area is 128 Å². The molecule has 2 aromatic rings. The van der Waals surface area contributed by atoms with E-state index >= 15 is 0 Å². The van der Waals surface area contributed by atoms with Crippen molar-refractivity contribution in [2.45, 2.75) is 0 Å². The zero-order valence-electron chi connectivity index (χ0n) is 10.8. The van der Waals surface area contributed by atoms with Gasteiger partial charge in [-0.1, -0.05) is 6.07 Å². The van der Waals surface area contributed by atoms with Gasteiger partial charge in [-0.15, -0.1) is 0 Å². The molecule has 0 atom stereocenters. The van der Waals surface area contributed by atoms with Crippen LogP contribution in [-0.2, 0) is 0 Å². The van der Waals surface area contributed by atoms with Crippen LogP contribution in [0.25, 0.3) is 0 Å². The highest BCUT2D eigenvalue weighted by Gasteiger charge is 2.35. The van der Waals surface area contributed by atoms with E-state index in [1.165, 1.54) is 36.4 Å². The number of fused-ring (bicyclic) bond motifs is 2. The molecule has 22 heavy (non-hydrogen) atoms. The highest BCUT2D eigenvalue weighted by molar-refractivity contribution is 6.67. The fourth-order valence-electron chi connectivity index (χ4n) is 2.45. The second-order valence-corrected chi connectivity index (χ2v) is 4.99. The average molecular weight is 316 g/mol. The lowest BCUT2D eigenvalue weighted by atomic mass is 9.82. The van der Waals surface area contributed by atoms with Gasteiger partial charge in [0.15, 0.2) is 5.78 Å². The van der Waals surface area contributed by atoms with Crippen molar-refractivity contribution in [1.29, 1.82) is 0 Å². The molecule has 0 heterocycles. The van der Waals surface area contributed by atoms with Gasteiger partial charge >= 0.3 is 0 Å². The maximum atomic E-state index is 12.5. The molecule has 0 saturated heterocycles. The third-order valence-corrected chi connectivity index (χ3v) is 3.66. The molecule has 6 nitrogen and oxygen atoms in total. The van der Waals surface area contributed by atoms with E-state index in [1.807, 2.05) is 0 Å². The first kappa shape index (κ1) is 14.1. The molecule has 0 fully saturated rings. The average Bonchev–Trinajstić information content (AvgIpc) is 2.51. The number of ketones is 2.